The average molecular weight is 455 g/mol. The van der Waals surface area contributed by atoms with Crippen LogP contribution in [0.15, 0.2) is 12.2 Å². The predicted octanol–water partition coefficient (Wildman–Crippen LogP) is 4.15. The molecule has 1 aliphatic carbocycles. The highest BCUT2D eigenvalue weighted by atomic mass is 16.5. The molecule has 0 aromatic heterocycles. The van der Waals surface area contributed by atoms with Gasteiger partial charge in [0, 0.05) is 38.7 Å². The molecule has 7 heteroatoms. The fraction of sp³-hybridized carbons (Fsp3) is 0.800. The lowest BCUT2D eigenvalue weighted by Gasteiger charge is -2.26. The van der Waals surface area contributed by atoms with Crippen LogP contribution in [0.2, 0.25) is 0 Å². The van der Waals surface area contributed by atoms with E-state index < -0.39 is 11.7 Å². The first-order chi connectivity index (χ1) is 15.2. The number of unbranched alkanes of at least 4 members (excludes halogenated alkanes) is 4. The second-order valence-corrected chi connectivity index (χ2v) is 8.98. The van der Waals surface area contributed by atoms with Crippen molar-refractivity contribution in [3.63, 3.8) is 0 Å². The highest BCUT2D eigenvalue weighted by Crippen LogP contribution is 2.39. The number of hydrogen-bond acceptors (Lipinski definition) is 7. The van der Waals surface area contributed by atoms with Crippen LogP contribution >= 0.6 is 0 Å². The summed E-state index contributed by atoms with van der Waals surface area (Å²) in [7, 11) is 2.94. The lowest BCUT2D eigenvalue weighted by molar-refractivity contribution is -0.148. The molecular weight excluding hydrogens is 412 g/mol. The number of ketones is 1. The molecule has 0 heterocycles. The topological polar surface area (TPSA) is 99.1 Å². The summed E-state index contributed by atoms with van der Waals surface area (Å²) in [4.78, 5) is 35.6. The fourth-order valence-corrected chi connectivity index (χ4v) is 4.42. The first-order valence-electron chi connectivity index (χ1n) is 11.9. The van der Waals surface area contributed by atoms with Crippen LogP contribution in [-0.4, -0.2) is 54.9 Å². The van der Waals surface area contributed by atoms with E-state index in [0.717, 1.165) is 44.9 Å². The normalized spacial score (nSPS) is 24.9. The first kappa shape index (κ1) is 28.3. The molecule has 1 fully saturated rings. The summed E-state index contributed by atoms with van der Waals surface area (Å²) in [6.45, 7) is 5.25. The van der Waals surface area contributed by atoms with E-state index >= 15 is 0 Å². The van der Waals surface area contributed by atoms with Gasteiger partial charge in [0.05, 0.1) is 13.2 Å². The third-order valence-electron chi connectivity index (χ3n) is 6.55. The number of esters is 2. The van der Waals surface area contributed by atoms with E-state index in [1.165, 1.54) is 20.1 Å². The van der Waals surface area contributed by atoms with Gasteiger partial charge in [0.25, 0.3) is 0 Å². The van der Waals surface area contributed by atoms with Crippen molar-refractivity contribution in [2.75, 3.05) is 14.2 Å². The Labute approximate surface area is 192 Å². The van der Waals surface area contributed by atoms with Crippen LogP contribution in [0.4, 0.5) is 0 Å². The van der Waals surface area contributed by atoms with Gasteiger partial charge in [0.1, 0.15) is 11.7 Å². The van der Waals surface area contributed by atoms with E-state index in [1.54, 1.807) is 20.1 Å². The van der Waals surface area contributed by atoms with Crippen molar-refractivity contribution in [2.24, 2.45) is 11.8 Å². The largest absolute Gasteiger partial charge is 0.469 e. The van der Waals surface area contributed by atoms with Gasteiger partial charge in [-0.3, -0.25) is 14.4 Å². The minimum atomic E-state index is -0.875. The molecule has 1 N–H and O–H groups in total. The summed E-state index contributed by atoms with van der Waals surface area (Å²) in [5, 5.41) is 10.6. The molecule has 0 aromatic rings. The van der Waals surface area contributed by atoms with Gasteiger partial charge in [-0.05, 0) is 32.3 Å². The number of carbonyl (C=O) groups is 3. The van der Waals surface area contributed by atoms with Gasteiger partial charge in [-0.15, -0.1) is 0 Å². The number of methoxy groups -OCH3 is 2. The van der Waals surface area contributed by atoms with Gasteiger partial charge >= 0.3 is 11.9 Å². The van der Waals surface area contributed by atoms with Crippen LogP contribution in [0.1, 0.15) is 85.0 Å². The maximum atomic E-state index is 12.8. The molecule has 1 unspecified atom stereocenters. The van der Waals surface area contributed by atoms with Crippen LogP contribution < -0.4 is 0 Å². The predicted molar refractivity (Wildman–Crippen MR) is 122 cm³/mol. The smallest absolute Gasteiger partial charge is 0.305 e. The third kappa shape index (κ3) is 9.02. The van der Waals surface area contributed by atoms with Crippen molar-refractivity contribution in [1.82, 2.24) is 0 Å². The number of ether oxygens (including phenoxy) is 3. The Balaban J connectivity index is 2.77. The van der Waals surface area contributed by atoms with Gasteiger partial charge in [-0.25, -0.2) is 0 Å². The summed E-state index contributed by atoms with van der Waals surface area (Å²) in [5.74, 6) is -0.986. The number of aliphatic hydroxyl groups excluding tert-OH is 1. The Bertz CT molecular complexity index is 630. The average Bonchev–Trinajstić information content (AvgIpc) is 3.05. The molecule has 32 heavy (non-hydrogen) atoms. The minimum absolute atomic E-state index is 0.0528. The van der Waals surface area contributed by atoms with Crippen LogP contribution in [-0.2, 0) is 28.6 Å². The van der Waals surface area contributed by atoms with Crippen LogP contribution in [0.25, 0.3) is 0 Å². The third-order valence-corrected chi connectivity index (χ3v) is 6.55. The number of carbonyl (C=O) groups excluding carboxylic acids is 3. The fourth-order valence-electron chi connectivity index (χ4n) is 4.42. The summed E-state index contributed by atoms with van der Waals surface area (Å²) >= 11 is 0. The van der Waals surface area contributed by atoms with E-state index in [2.05, 4.69) is 11.7 Å². The monoisotopic (exact) mass is 454 g/mol. The molecule has 0 bridgehead atoms. The maximum absolute atomic E-state index is 12.8. The van der Waals surface area contributed by atoms with Crippen molar-refractivity contribution in [3.05, 3.63) is 12.2 Å². The lowest BCUT2D eigenvalue weighted by atomic mass is 9.86. The molecule has 0 amide bonds. The van der Waals surface area contributed by atoms with Gasteiger partial charge in [-0.2, -0.15) is 0 Å². The van der Waals surface area contributed by atoms with Crippen LogP contribution in [0, 0.1) is 11.8 Å². The molecule has 0 aliphatic heterocycles. The second kappa shape index (κ2) is 14.4. The zero-order valence-corrected chi connectivity index (χ0v) is 20.4. The standard InChI is InChI=1S/C25H42O7/c1-6-7-16-25(3,31-5)23(28)15-14-19-20(22(17-21(19)27)32-18(2)26)12-10-8-9-11-13-24(29)30-4/h14-15,19-22,27H,6-13,16-17H2,1-5H3/b15-14+/t19-,20-,21-,22+,25?/m1/s1. The zero-order valence-electron chi connectivity index (χ0n) is 20.4. The van der Waals surface area contributed by atoms with E-state index in [-0.39, 0.29) is 35.7 Å². The Morgan fingerprint density at radius 1 is 1.09 bits per heavy atom. The maximum Gasteiger partial charge on any atom is 0.305 e. The summed E-state index contributed by atoms with van der Waals surface area (Å²) in [6.07, 6.45) is 9.85. The van der Waals surface area contributed by atoms with Gasteiger partial charge in [0.15, 0.2) is 5.78 Å². The van der Waals surface area contributed by atoms with E-state index in [1.807, 2.05) is 0 Å². The first-order valence-corrected chi connectivity index (χ1v) is 11.9. The van der Waals surface area contributed by atoms with Crippen molar-refractivity contribution >= 4 is 17.7 Å². The quantitative estimate of drug-likeness (QED) is 0.225. The molecule has 0 radical (unpaired) electrons. The molecule has 1 aliphatic rings. The molecule has 1 saturated carbocycles. The van der Waals surface area contributed by atoms with Crippen LogP contribution in [0.3, 0.4) is 0 Å². The van der Waals surface area contributed by atoms with Crippen molar-refractivity contribution in [2.45, 2.75) is 103 Å². The van der Waals surface area contributed by atoms with Gasteiger partial charge < -0.3 is 19.3 Å². The summed E-state index contributed by atoms with van der Waals surface area (Å²) in [5.41, 5.74) is -0.875. The number of hydrogen-bond donors (Lipinski definition) is 1. The number of rotatable bonds is 15. The molecular formula is C25H42O7. The summed E-state index contributed by atoms with van der Waals surface area (Å²) in [6, 6.07) is 0. The minimum Gasteiger partial charge on any atom is -0.469 e. The van der Waals surface area contributed by atoms with Crippen molar-refractivity contribution < 1.29 is 33.7 Å². The lowest BCUT2D eigenvalue weighted by Crippen LogP contribution is -2.36. The van der Waals surface area contributed by atoms with Gasteiger partial charge in [-0.1, -0.05) is 45.1 Å². The Hall–Kier alpha value is -1.73. The molecule has 0 spiro atoms. The highest BCUT2D eigenvalue weighted by molar-refractivity contribution is 5.96. The van der Waals surface area contributed by atoms with Crippen molar-refractivity contribution in [3.8, 4) is 0 Å². The SMILES string of the molecule is CCCCC(C)(OC)C(=O)/C=C/[C@@H]1[C@@H](CCCCCCC(=O)OC)[C@@H](OC(C)=O)C[C@H]1O. The zero-order chi connectivity index (χ0) is 24.1. The Morgan fingerprint density at radius 3 is 2.38 bits per heavy atom. The second-order valence-electron chi connectivity index (χ2n) is 8.98. The van der Waals surface area contributed by atoms with E-state index in [0.29, 0.717) is 19.3 Å². The molecule has 0 aromatic carbocycles. The molecule has 7 nitrogen and oxygen atoms in total. The van der Waals surface area contributed by atoms with Crippen LogP contribution in [0.5, 0.6) is 0 Å². The number of aliphatic hydroxyl groups is 1. The Morgan fingerprint density at radius 2 is 1.78 bits per heavy atom. The highest BCUT2D eigenvalue weighted by Gasteiger charge is 2.43. The summed E-state index contributed by atoms with van der Waals surface area (Å²) < 4.78 is 15.7. The molecule has 184 valence electrons. The van der Waals surface area contributed by atoms with E-state index in [9.17, 15) is 19.5 Å². The molecule has 0 saturated heterocycles. The van der Waals surface area contributed by atoms with Gasteiger partial charge in [0.2, 0.25) is 0 Å². The molecule has 1 rings (SSSR count). The van der Waals surface area contributed by atoms with Crippen molar-refractivity contribution in [1.29, 1.82) is 0 Å². The Kier molecular flexibility index (Phi) is 12.8. The van der Waals surface area contributed by atoms with E-state index in [4.69, 9.17) is 9.47 Å². The molecule has 5 atom stereocenters.